The van der Waals surface area contributed by atoms with Crippen LogP contribution in [0, 0.1) is 20.8 Å². The Morgan fingerprint density at radius 1 is 0.886 bits per heavy atom. The number of aromatic nitrogens is 2. The first-order valence-electron chi connectivity index (χ1n) is 11.4. The number of para-hydroxylation sites is 1. The third-order valence-electron chi connectivity index (χ3n) is 5.62. The van der Waals surface area contributed by atoms with Gasteiger partial charge in [0.15, 0.2) is 6.61 Å². The van der Waals surface area contributed by atoms with E-state index in [1.165, 1.54) is 0 Å². The molecule has 0 spiro atoms. The molecule has 1 heterocycles. The van der Waals surface area contributed by atoms with Gasteiger partial charge in [-0.2, -0.15) is 5.10 Å². The van der Waals surface area contributed by atoms with E-state index in [0.717, 1.165) is 22.5 Å². The van der Waals surface area contributed by atoms with Crippen LogP contribution in [0.5, 0.6) is 5.75 Å². The number of nitrogens with one attached hydrogen (secondary N) is 2. The van der Waals surface area contributed by atoms with E-state index >= 15 is 0 Å². The number of carbonyl (C=O) groups is 2. The summed E-state index contributed by atoms with van der Waals surface area (Å²) in [5.41, 5.74) is 5.62. The first-order chi connectivity index (χ1) is 16.9. The van der Waals surface area contributed by atoms with Crippen molar-refractivity contribution in [1.82, 2.24) is 15.1 Å². The molecule has 0 bridgehead atoms. The number of benzene rings is 3. The second kappa shape index (κ2) is 10.7. The van der Waals surface area contributed by atoms with Crippen molar-refractivity contribution in [2.45, 2.75) is 27.3 Å². The zero-order valence-electron chi connectivity index (χ0n) is 20.0. The number of hydrogen-bond acceptors (Lipinski definition) is 4. The normalized spacial score (nSPS) is 10.6. The van der Waals surface area contributed by atoms with Crippen molar-refractivity contribution < 1.29 is 14.3 Å². The van der Waals surface area contributed by atoms with E-state index in [9.17, 15) is 9.59 Å². The highest BCUT2D eigenvalue weighted by Gasteiger charge is 2.17. The Morgan fingerprint density at radius 3 is 2.31 bits per heavy atom. The van der Waals surface area contributed by atoms with E-state index in [1.54, 1.807) is 28.9 Å². The fourth-order valence-corrected chi connectivity index (χ4v) is 3.73. The summed E-state index contributed by atoms with van der Waals surface area (Å²) in [7, 11) is 0. The molecule has 7 heteroatoms. The van der Waals surface area contributed by atoms with Gasteiger partial charge in [0.05, 0.1) is 28.3 Å². The lowest BCUT2D eigenvalue weighted by Gasteiger charge is -2.12. The first kappa shape index (κ1) is 23.8. The fourth-order valence-electron chi connectivity index (χ4n) is 3.73. The van der Waals surface area contributed by atoms with Crippen LogP contribution in [0.2, 0.25) is 0 Å². The third-order valence-corrected chi connectivity index (χ3v) is 5.62. The number of aryl methyl sites for hydroxylation is 2. The van der Waals surface area contributed by atoms with E-state index in [-0.39, 0.29) is 18.4 Å². The van der Waals surface area contributed by atoms with Crippen molar-refractivity contribution in [3.63, 3.8) is 0 Å². The molecule has 35 heavy (non-hydrogen) atoms. The minimum absolute atomic E-state index is 0.239. The van der Waals surface area contributed by atoms with Crippen molar-refractivity contribution in [1.29, 1.82) is 0 Å². The number of rotatable bonds is 8. The number of hydrogen-bond donors (Lipinski definition) is 2. The number of ether oxygens (including phenoxy) is 1. The lowest BCUT2D eigenvalue weighted by Crippen LogP contribution is -2.25. The van der Waals surface area contributed by atoms with Gasteiger partial charge in [0, 0.05) is 6.54 Å². The van der Waals surface area contributed by atoms with Crippen LogP contribution in [0.1, 0.15) is 32.9 Å². The summed E-state index contributed by atoms with van der Waals surface area (Å²) in [6.07, 6.45) is 0. The van der Waals surface area contributed by atoms with Crippen molar-refractivity contribution in [3.05, 3.63) is 107 Å². The van der Waals surface area contributed by atoms with Gasteiger partial charge in [-0.15, -0.1) is 0 Å². The molecule has 2 N–H and O–H groups in total. The lowest BCUT2D eigenvalue weighted by atomic mass is 10.1. The van der Waals surface area contributed by atoms with Crippen LogP contribution in [0.3, 0.4) is 0 Å². The predicted molar refractivity (Wildman–Crippen MR) is 136 cm³/mol. The maximum absolute atomic E-state index is 12.7. The predicted octanol–water partition coefficient (Wildman–Crippen LogP) is 4.75. The van der Waals surface area contributed by atoms with Gasteiger partial charge in [0.2, 0.25) is 0 Å². The van der Waals surface area contributed by atoms with Crippen LogP contribution in [0.15, 0.2) is 78.9 Å². The van der Waals surface area contributed by atoms with E-state index in [0.29, 0.717) is 29.2 Å². The second-order valence-corrected chi connectivity index (χ2v) is 8.29. The Kier molecular flexibility index (Phi) is 7.26. The monoisotopic (exact) mass is 468 g/mol. The molecule has 3 aromatic carbocycles. The highest BCUT2D eigenvalue weighted by atomic mass is 16.5. The maximum atomic E-state index is 12.7. The standard InChI is InChI=1S/C28H28N4O3/c1-19-13-15-23(16-14-19)32-21(3)27(20(2)31-32)30-26(33)18-35-25-12-8-7-11-24(25)28(34)29-17-22-9-5-4-6-10-22/h4-16H,17-18H2,1-3H3,(H,29,34)(H,30,33). The molecular weight excluding hydrogens is 440 g/mol. The van der Waals surface area contributed by atoms with Crippen LogP contribution in [0.25, 0.3) is 5.69 Å². The SMILES string of the molecule is Cc1ccc(-n2nc(C)c(NC(=O)COc3ccccc3C(=O)NCc3ccccc3)c2C)cc1. The quantitative estimate of drug-likeness (QED) is 0.391. The number of carbonyl (C=O) groups excluding carboxylic acids is 2. The molecule has 0 saturated carbocycles. The molecule has 0 atom stereocenters. The van der Waals surface area contributed by atoms with Gasteiger partial charge in [-0.1, -0.05) is 60.2 Å². The van der Waals surface area contributed by atoms with Crippen LogP contribution in [-0.2, 0) is 11.3 Å². The Morgan fingerprint density at radius 2 is 1.57 bits per heavy atom. The van der Waals surface area contributed by atoms with Crippen molar-refractivity contribution in [3.8, 4) is 11.4 Å². The Balaban J connectivity index is 1.40. The van der Waals surface area contributed by atoms with E-state index in [1.807, 2.05) is 75.4 Å². The van der Waals surface area contributed by atoms with E-state index < -0.39 is 0 Å². The minimum Gasteiger partial charge on any atom is -0.483 e. The molecule has 1 aromatic heterocycles. The largest absolute Gasteiger partial charge is 0.483 e. The summed E-state index contributed by atoms with van der Waals surface area (Å²) in [4.78, 5) is 25.4. The van der Waals surface area contributed by atoms with Gasteiger partial charge in [-0.3, -0.25) is 9.59 Å². The Bertz CT molecular complexity index is 1330. The summed E-state index contributed by atoms with van der Waals surface area (Å²) in [5.74, 6) is -0.257. The van der Waals surface area contributed by atoms with Gasteiger partial charge in [-0.25, -0.2) is 4.68 Å². The average molecular weight is 469 g/mol. The smallest absolute Gasteiger partial charge is 0.262 e. The molecule has 2 amide bonds. The Labute approximate surface area is 204 Å². The van der Waals surface area contributed by atoms with Gasteiger partial charge in [-0.05, 0) is 50.6 Å². The van der Waals surface area contributed by atoms with Gasteiger partial charge >= 0.3 is 0 Å². The highest BCUT2D eigenvalue weighted by molar-refractivity contribution is 5.97. The van der Waals surface area contributed by atoms with Crippen molar-refractivity contribution in [2.75, 3.05) is 11.9 Å². The number of anilines is 1. The summed E-state index contributed by atoms with van der Waals surface area (Å²) < 4.78 is 7.53. The zero-order valence-corrected chi connectivity index (χ0v) is 20.0. The van der Waals surface area contributed by atoms with E-state index in [4.69, 9.17) is 4.74 Å². The summed E-state index contributed by atoms with van der Waals surface area (Å²) in [6, 6.07) is 24.5. The minimum atomic E-state index is -0.334. The molecule has 0 radical (unpaired) electrons. The average Bonchev–Trinajstić information content (AvgIpc) is 3.15. The highest BCUT2D eigenvalue weighted by Crippen LogP contribution is 2.23. The Hall–Kier alpha value is -4.39. The molecule has 0 aliphatic carbocycles. The van der Waals surface area contributed by atoms with E-state index in [2.05, 4.69) is 15.7 Å². The first-order valence-corrected chi connectivity index (χ1v) is 11.4. The molecule has 4 aromatic rings. The van der Waals surface area contributed by atoms with Crippen molar-refractivity contribution >= 4 is 17.5 Å². The van der Waals surface area contributed by atoms with Gasteiger partial charge < -0.3 is 15.4 Å². The number of nitrogens with zero attached hydrogens (tertiary/aromatic N) is 2. The van der Waals surface area contributed by atoms with Gasteiger partial charge in [0.25, 0.3) is 11.8 Å². The topological polar surface area (TPSA) is 85.2 Å². The molecule has 0 unspecified atom stereocenters. The molecule has 0 aliphatic rings. The molecule has 0 saturated heterocycles. The van der Waals surface area contributed by atoms with Crippen LogP contribution in [-0.4, -0.2) is 28.2 Å². The second-order valence-electron chi connectivity index (χ2n) is 8.29. The maximum Gasteiger partial charge on any atom is 0.262 e. The molecule has 0 fully saturated rings. The van der Waals surface area contributed by atoms with Gasteiger partial charge in [0.1, 0.15) is 5.75 Å². The molecule has 4 rings (SSSR count). The van der Waals surface area contributed by atoms with Crippen LogP contribution >= 0.6 is 0 Å². The molecule has 7 nitrogen and oxygen atoms in total. The van der Waals surface area contributed by atoms with Crippen LogP contribution < -0.4 is 15.4 Å². The fraction of sp³-hybridized carbons (Fsp3) is 0.179. The molecule has 178 valence electrons. The third kappa shape index (κ3) is 5.76. The van der Waals surface area contributed by atoms with Crippen molar-refractivity contribution in [2.24, 2.45) is 0 Å². The summed E-state index contributed by atoms with van der Waals surface area (Å²) in [6.45, 7) is 5.94. The zero-order chi connectivity index (χ0) is 24.8. The van der Waals surface area contributed by atoms with Crippen LogP contribution in [0.4, 0.5) is 5.69 Å². The lowest BCUT2D eigenvalue weighted by molar-refractivity contribution is -0.118. The molecule has 0 aliphatic heterocycles. The summed E-state index contributed by atoms with van der Waals surface area (Å²) in [5, 5.41) is 10.4. The molecular formula is C28H28N4O3. The number of amides is 2. The summed E-state index contributed by atoms with van der Waals surface area (Å²) >= 11 is 0.